The number of benzene rings is 1. The molecule has 7 N–H and O–H groups in total. The van der Waals surface area contributed by atoms with Crippen LogP contribution in [0, 0.1) is 0 Å². The summed E-state index contributed by atoms with van der Waals surface area (Å²) in [6.07, 6.45) is 0.412. The largest absolute Gasteiger partial charge is 0.481 e. The third kappa shape index (κ3) is 9.48. The van der Waals surface area contributed by atoms with E-state index in [1.807, 2.05) is 18.3 Å². The molecule has 122 valence electrons. The summed E-state index contributed by atoms with van der Waals surface area (Å²) in [7, 11) is 0. The monoisotopic (exact) mass is 312 g/mol. The van der Waals surface area contributed by atoms with Gasteiger partial charge in [0.1, 0.15) is 6.42 Å². The molecule has 0 aliphatic carbocycles. The van der Waals surface area contributed by atoms with Crippen LogP contribution in [-0.4, -0.2) is 56.6 Å². The first kappa shape index (κ1) is 19.6. The van der Waals surface area contributed by atoms with Gasteiger partial charge >= 0.3 is 11.9 Å². The van der Waals surface area contributed by atoms with Crippen molar-refractivity contribution in [1.29, 1.82) is 0 Å². The minimum absolute atomic E-state index is 0.135. The van der Waals surface area contributed by atoms with Crippen molar-refractivity contribution in [3.63, 3.8) is 0 Å². The first-order chi connectivity index (χ1) is 10.4. The number of carbonyl (C=O) groups is 2. The van der Waals surface area contributed by atoms with Gasteiger partial charge in [-0.25, -0.2) is 0 Å². The number of rotatable bonds is 4. The molecule has 22 heavy (non-hydrogen) atoms. The number of aromatic amines is 1. The van der Waals surface area contributed by atoms with Crippen molar-refractivity contribution in [2.45, 2.75) is 12.5 Å². The van der Waals surface area contributed by atoms with Gasteiger partial charge in [0.15, 0.2) is 0 Å². The minimum Gasteiger partial charge on any atom is -0.481 e. The summed E-state index contributed by atoms with van der Waals surface area (Å²) < 4.78 is 0. The summed E-state index contributed by atoms with van der Waals surface area (Å²) in [6, 6.07) is 10.3. The Balaban J connectivity index is 0.000000311. The number of nitrogens with two attached hydrogens (primary N) is 1. The van der Waals surface area contributed by atoms with Gasteiger partial charge in [-0.3, -0.25) is 9.59 Å². The Morgan fingerprint density at radius 1 is 1.14 bits per heavy atom. The Bertz CT molecular complexity index is 523. The van der Waals surface area contributed by atoms with Crippen LogP contribution < -0.4 is 5.73 Å². The molecular weight excluding hydrogens is 292 g/mol. The van der Waals surface area contributed by atoms with E-state index in [0.717, 1.165) is 0 Å². The number of aliphatic carboxylic acids is 2. The number of nitrogens with one attached hydrogen (secondary N) is 1. The zero-order valence-electron chi connectivity index (χ0n) is 11.8. The van der Waals surface area contributed by atoms with E-state index in [4.69, 9.17) is 26.2 Å². The highest BCUT2D eigenvalue weighted by Gasteiger charge is 2.01. The van der Waals surface area contributed by atoms with Crippen molar-refractivity contribution in [3.05, 3.63) is 36.5 Å². The lowest BCUT2D eigenvalue weighted by Crippen LogP contribution is -2.22. The number of para-hydroxylation sites is 1. The predicted octanol–water partition coefficient (Wildman–Crippen LogP) is 0.0119. The fraction of sp³-hybridized carbons (Fsp3) is 0.286. The smallest absolute Gasteiger partial charge is 0.314 e. The molecule has 0 radical (unpaired) electrons. The topological polar surface area (TPSA) is 157 Å². The molecule has 0 saturated heterocycles. The molecule has 1 heterocycles. The van der Waals surface area contributed by atoms with E-state index in [2.05, 4.69) is 23.2 Å². The summed E-state index contributed by atoms with van der Waals surface area (Å²) in [5, 5.41) is 33.0. The number of H-pyrrole nitrogens is 1. The molecule has 0 amide bonds. The van der Waals surface area contributed by atoms with E-state index in [1.165, 1.54) is 10.9 Å². The highest BCUT2D eigenvalue weighted by molar-refractivity contribution is 5.88. The standard InChI is InChI=1S/C8H7N.C3H9NO2.C3H4O4/c1-2-4-8-7(3-1)5-6-9-8;4-1-3(6)2-5;4-2(5)1-3(6)7/h1-6,9H;3,5-6H,1-2,4H2;1H2,(H,4,5)(H,6,7). The number of aliphatic hydroxyl groups excluding tert-OH is 2. The normalized spacial score (nSPS) is 10.7. The van der Waals surface area contributed by atoms with Crippen molar-refractivity contribution >= 4 is 22.8 Å². The van der Waals surface area contributed by atoms with Crippen molar-refractivity contribution in [2.75, 3.05) is 13.2 Å². The molecule has 0 bridgehead atoms. The van der Waals surface area contributed by atoms with E-state index in [9.17, 15) is 9.59 Å². The maximum atomic E-state index is 9.43. The van der Waals surface area contributed by atoms with Crippen LogP contribution in [0.3, 0.4) is 0 Å². The van der Waals surface area contributed by atoms with E-state index >= 15 is 0 Å². The van der Waals surface area contributed by atoms with E-state index < -0.39 is 24.5 Å². The maximum Gasteiger partial charge on any atom is 0.314 e. The number of hydrogen-bond donors (Lipinski definition) is 6. The van der Waals surface area contributed by atoms with Crippen LogP contribution in [-0.2, 0) is 9.59 Å². The quantitative estimate of drug-likeness (QED) is 0.434. The van der Waals surface area contributed by atoms with Crippen LogP contribution in [0.1, 0.15) is 6.42 Å². The Hall–Kier alpha value is -2.42. The summed E-state index contributed by atoms with van der Waals surface area (Å²) >= 11 is 0. The van der Waals surface area contributed by atoms with Crippen LogP contribution >= 0.6 is 0 Å². The summed E-state index contributed by atoms with van der Waals surface area (Å²) in [6.45, 7) is -0.104. The second-order valence-electron chi connectivity index (χ2n) is 4.10. The molecule has 0 aliphatic rings. The molecule has 0 aliphatic heterocycles. The first-order valence-corrected chi connectivity index (χ1v) is 6.35. The van der Waals surface area contributed by atoms with E-state index in [0.29, 0.717) is 0 Å². The molecule has 0 fully saturated rings. The maximum absolute atomic E-state index is 9.43. The second-order valence-corrected chi connectivity index (χ2v) is 4.10. The molecule has 1 aromatic carbocycles. The van der Waals surface area contributed by atoms with Gasteiger partial charge in [0.05, 0.1) is 12.7 Å². The number of fused-ring (bicyclic) bond motifs is 1. The Morgan fingerprint density at radius 3 is 2.09 bits per heavy atom. The SMILES string of the molecule is NCC(O)CO.O=C(O)CC(=O)O.c1ccc2[nH]ccc2c1. The van der Waals surface area contributed by atoms with Crippen LogP contribution in [0.15, 0.2) is 36.5 Å². The Kier molecular flexibility index (Phi) is 10.0. The summed E-state index contributed by atoms with van der Waals surface area (Å²) in [5.41, 5.74) is 6.08. The second kappa shape index (κ2) is 11.3. The van der Waals surface area contributed by atoms with Gasteiger partial charge in [0, 0.05) is 18.3 Å². The van der Waals surface area contributed by atoms with Gasteiger partial charge in [0.2, 0.25) is 0 Å². The molecule has 1 unspecified atom stereocenters. The van der Waals surface area contributed by atoms with Gasteiger partial charge in [-0.1, -0.05) is 18.2 Å². The molecular formula is C14H20N2O6. The van der Waals surface area contributed by atoms with Crippen molar-refractivity contribution < 1.29 is 30.0 Å². The average molecular weight is 312 g/mol. The molecule has 1 atom stereocenters. The summed E-state index contributed by atoms with van der Waals surface area (Å²) in [4.78, 5) is 22.0. The van der Waals surface area contributed by atoms with Gasteiger partial charge in [-0.15, -0.1) is 0 Å². The molecule has 8 heteroatoms. The van der Waals surface area contributed by atoms with E-state index in [1.54, 1.807) is 0 Å². The third-order valence-electron chi connectivity index (χ3n) is 2.25. The fourth-order valence-electron chi connectivity index (χ4n) is 1.20. The molecule has 2 rings (SSSR count). The lowest BCUT2D eigenvalue weighted by Gasteiger charge is -1.97. The highest BCUT2D eigenvalue weighted by Crippen LogP contribution is 2.09. The van der Waals surface area contributed by atoms with Gasteiger partial charge in [0.25, 0.3) is 0 Å². The number of aromatic nitrogens is 1. The number of carboxylic acids is 2. The van der Waals surface area contributed by atoms with Crippen LogP contribution in [0.2, 0.25) is 0 Å². The zero-order valence-corrected chi connectivity index (χ0v) is 11.8. The lowest BCUT2D eigenvalue weighted by atomic mass is 10.3. The van der Waals surface area contributed by atoms with Crippen molar-refractivity contribution in [1.82, 2.24) is 4.98 Å². The van der Waals surface area contributed by atoms with Gasteiger partial charge in [-0.2, -0.15) is 0 Å². The average Bonchev–Trinajstić information content (AvgIpc) is 2.94. The molecule has 1 aromatic heterocycles. The van der Waals surface area contributed by atoms with Gasteiger partial charge < -0.3 is 31.1 Å². The summed E-state index contributed by atoms with van der Waals surface area (Å²) in [5.74, 6) is -2.62. The van der Waals surface area contributed by atoms with Crippen molar-refractivity contribution in [3.8, 4) is 0 Å². The molecule has 0 spiro atoms. The van der Waals surface area contributed by atoms with Crippen molar-refractivity contribution in [2.24, 2.45) is 5.73 Å². The fourth-order valence-corrected chi connectivity index (χ4v) is 1.20. The molecule has 0 saturated carbocycles. The number of carboxylic acid groups (broad SMARTS) is 2. The predicted molar refractivity (Wildman–Crippen MR) is 80.3 cm³/mol. The molecule has 2 aromatic rings. The zero-order chi connectivity index (χ0) is 17.0. The van der Waals surface area contributed by atoms with Crippen LogP contribution in [0.4, 0.5) is 0 Å². The lowest BCUT2D eigenvalue weighted by molar-refractivity contribution is -0.147. The molecule has 8 nitrogen and oxygen atoms in total. The Labute approximate surface area is 126 Å². The number of hydrogen-bond acceptors (Lipinski definition) is 5. The Morgan fingerprint density at radius 2 is 1.73 bits per heavy atom. The third-order valence-corrected chi connectivity index (χ3v) is 2.25. The van der Waals surface area contributed by atoms with Crippen LogP contribution in [0.5, 0.6) is 0 Å². The van der Waals surface area contributed by atoms with E-state index in [-0.39, 0.29) is 13.2 Å². The highest BCUT2D eigenvalue weighted by atomic mass is 16.4. The van der Waals surface area contributed by atoms with Gasteiger partial charge in [-0.05, 0) is 17.5 Å². The first-order valence-electron chi connectivity index (χ1n) is 6.35. The number of aliphatic hydroxyl groups is 2. The minimum atomic E-state index is -1.31. The van der Waals surface area contributed by atoms with Crippen LogP contribution in [0.25, 0.3) is 10.9 Å².